The zero-order valence-corrected chi connectivity index (χ0v) is 13.2. The van der Waals surface area contributed by atoms with Crippen molar-refractivity contribution in [2.45, 2.75) is 26.7 Å². The molecule has 0 N–H and O–H groups in total. The number of aromatic nitrogens is 2. The molecule has 5 nitrogen and oxygen atoms in total. The summed E-state index contributed by atoms with van der Waals surface area (Å²) in [5, 5.41) is 6.27. The predicted octanol–water partition coefficient (Wildman–Crippen LogP) is 2.52. The molecule has 0 bridgehead atoms. The van der Waals surface area contributed by atoms with Gasteiger partial charge in [-0.25, -0.2) is 0 Å². The molecular weight excluding hydrogens is 288 g/mol. The molecule has 0 saturated heterocycles. The Morgan fingerprint density at radius 2 is 2.19 bits per heavy atom. The molecule has 2 aromatic rings. The second kappa shape index (κ2) is 6.67. The van der Waals surface area contributed by atoms with Crippen molar-refractivity contribution in [2.75, 3.05) is 6.61 Å². The number of nitrogens with zero attached hydrogens (tertiary/aromatic N) is 2. The number of carbonyl (C=O) groups excluding carboxylic acids is 2. The summed E-state index contributed by atoms with van der Waals surface area (Å²) in [7, 11) is 1.80. The van der Waals surface area contributed by atoms with Crippen LogP contribution in [0.3, 0.4) is 0 Å². The van der Waals surface area contributed by atoms with Gasteiger partial charge < -0.3 is 4.74 Å². The Bertz CT molecular complexity index is 644. The summed E-state index contributed by atoms with van der Waals surface area (Å²) < 4.78 is 6.51. The maximum atomic E-state index is 12.3. The monoisotopic (exact) mass is 306 g/mol. The lowest BCUT2D eigenvalue weighted by Crippen LogP contribution is -2.13. The Kier molecular flexibility index (Phi) is 4.90. The van der Waals surface area contributed by atoms with Crippen LogP contribution in [0.4, 0.5) is 0 Å². The highest BCUT2D eigenvalue weighted by molar-refractivity contribution is 7.09. The first-order valence-electron chi connectivity index (χ1n) is 6.76. The molecule has 2 heterocycles. The predicted molar refractivity (Wildman–Crippen MR) is 80.7 cm³/mol. The van der Waals surface area contributed by atoms with Crippen molar-refractivity contribution in [1.82, 2.24) is 9.78 Å². The lowest BCUT2D eigenvalue weighted by molar-refractivity contribution is -0.141. The molecular formula is C15H18N2O3S. The van der Waals surface area contributed by atoms with Gasteiger partial charge in [-0.2, -0.15) is 5.10 Å². The number of Topliss-reactive ketones (excluding diaryl/α,β-unsaturated/α-hetero) is 1. The van der Waals surface area contributed by atoms with Gasteiger partial charge in [0.1, 0.15) is 12.1 Å². The molecule has 0 aliphatic carbocycles. The van der Waals surface area contributed by atoms with Crippen LogP contribution in [-0.4, -0.2) is 28.1 Å². The highest BCUT2D eigenvalue weighted by atomic mass is 32.1. The van der Waals surface area contributed by atoms with Crippen LogP contribution in [-0.2, 0) is 23.0 Å². The van der Waals surface area contributed by atoms with Crippen molar-refractivity contribution < 1.29 is 14.3 Å². The molecule has 2 aromatic heterocycles. The Morgan fingerprint density at radius 1 is 1.43 bits per heavy atom. The average molecular weight is 306 g/mol. The van der Waals surface area contributed by atoms with Gasteiger partial charge in [0.15, 0.2) is 5.78 Å². The van der Waals surface area contributed by atoms with E-state index in [4.69, 9.17) is 4.74 Å². The van der Waals surface area contributed by atoms with Crippen LogP contribution in [0.15, 0.2) is 17.5 Å². The van der Waals surface area contributed by atoms with Crippen LogP contribution in [0.2, 0.25) is 0 Å². The smallest absolute Gasteiger partial charge is 0.313 e. The maximum absolute atomic E-state index is 12.3. The SMILES string of the molecule is CCOC(=O)CC(=O)c1nn(C)c(C)c1Cc1cccs1. The standard InChI is InChI=1S/C15H18N2O3S/c1-4-20-14(19)9-13(18)15-12(10(2)17(3)16-15)8-11-6-5-7-21-11/h5-7H,4,8-9H2,1-3H3. The van der Waals surface area contributed by atoms with Crippen molar-refractivity contribution in [3.63, 3.8) is 0 Å². The Labute approximate surface area is 127 Å². The highest BCUT2D eigenvalue weighted by Gasteiger charge is 2.22. The van der Waals surface area contributed by atoms with E-state index in [1.807, 2.05) is 24.4 Å². The van der Waals surface area contributed by atoms with E-state index in [1.165, 1.54) is 0 Å². The first-order chi connectivity index (χ1) is 10.0. The minimum Gasteiger partial charge on any atom is -0.466 e. The summed E-state index contributed by atoms with van der Waals surface area (Å²) in [5.74, 6) is -0.795. The van der Waals surface area contributed by atoms with E-state index in [-0.39, 0.29) is 18.8 Å². The van der Waals surface area contributed by atoms with Gasteiger partial charge in [-0.1, -0.05) is 6.07 Å². The summed E-state index contributed by atoms with van der Waals surface area (Å²) in [6.07, 6.45) is 0.392. The van der Waals surface area contributed by atoms with Crippen molar-refractivity contribution in [2.24, 2.45) is 7.05 Å². The summed E-state index contributed by atoms with van der Waals surface area (Å²) >= 11 is 1.64. The minimum absolute atomic E-state index is 0.262. The molecule has 0 radical (unpaired) electrons. The molecule has 0 aliphatic heterocycles. The molecule has 0 spiro atoms. The Balaban J connectivity index is 2.24. The summed E-state index contributed by atoms with van der Waals surface area (Å²) in [5.41, 5.74) is 2.20. The van der Waals surface area contributed by atoms with E-state index in [2.05, 4.69) is 5.10 Å². The fraction of sp³-hybridized carbons (Fsp3) is 0.400. The van der Waals surface area contributed by atoms with E-state index in [1.54, 1.807) is 30.0 Å². The van der Waals surface area contributed by atoms with Crippen molar-refractivity contribution in [3.8, 4) is 0 Å². The van der Waals surface area contributed by atoms with Crippen LogP contribution >= 0.6 is 11.3 Å². The van der Waals surface area contributed by atoms with Crippen molar-refractivity contribution in [1.29, 1.82) is 0 Å². The summed E-state index contributed by atoms with van der Waals surface area (Å²) in [4.78, 5) is 24.9. The van der Waals surface area contributed by atoms with Gasteiger partial charge in [-0.15, -0.1) is 11.3 Å². The zero-order chi connectivity index (χ0) is 15.4. The second-order valence-corrected chi connectivity index (χ2v) is 5.73. The average Bonchev–Trinajstić information content (AvgIpc) is 3.03. The number of thiophene rings is 1. The van der Waals surface area contributed by atoms with Crippen LogP contribution in [0, 0.1) is 6.92 Å². The summed E-state index contributed by atoms with van der Waals surface area (Å²) in [6, 6.07) is 4.00. The van der Waals surface area contributed by atoms with Gasteiger partial charge in [0.05, 0.1) is 6.61 Å². The van der Waals surface area contributed by atoms with Gasteiger partial charge in [-0.05, 0) is 25.3 Å². The molecule has 112 valence electrons. The van der Waals surface area contributed by atoms with E-state index in [9.17, 15) is 9.59 Å². The molecule has 6 heteroatoms. The largest absolute Gasteiger partial charge is 0.466 e. The molecule has 0 unspecified atom stereocenters. The van der Waals surface area contributed by atoms with Crippen molar-refractivity contribution in [3.05, 3.63) is 39.3 Å². The zero-order valence-electron chi connectivity index (χ0n) is 12.4. The number of hydrogen-bond acceptors (Lipinski definition) is 5. The molecule has 21 heavy (non-hydrogen) atoms. The first kappa shape index (κ1) is 15.4. The maximum Gasteiger partial charge on any atom is 0.313 e. The van der Waals surface area contributed by atoms with Crippen LogP contribution in [0.25, 0.3) is 0 Å². The van der Waals surface area contributed by atoms with Gasteiger partial charge in [0.25, 0.3) is 0 Å². The minimum atomic E-state index is -0.507. The van der Waals surface area contributed by atoms with Crippen LogP contribution < -0.4 is 0 Å². The van der Waals surface area contributed by atoms with Crippen LogP contribution in [0.5, 0.6) is 0 Å². The normalized spacial score (nSPS) is 10.6. The number of ether oxygens (including phenoxy) is 1. The van der Waals surface area contributed by atoms with E-state index in [0.717, 1.165) is 16.1 Å². The fourth-order valence-electron chi connectivity index (χ4n) is 2.10. The number of esters is 1. The third kappa shape index (κ3) is 3.58. The number of carbonyl (C=O) groups is 2. The molecule has 0 aromatic carbocycles. The topological polar surface area (TPSA) is 61.2 Å². The first-order valence-corrected chi connectivity index (χ1v) is 7.64. The van der Waals surface area contributed by atoms with Gasteiger partial charge in [0.2, 0.25) is 0 Å². The Morgan fingerprint density at radius 3 is 2.81 bits per heavy atom. The van der Waals surface area contributed by atoms with E-state index < -0.39 is 5.97 Å². The summed E-state index contributed by atoms with van der Waals surface area (Å²) in [6.45, 7) is 3.92. The van der Waals surface area contributed by atoms with Gasteiger partial charge >= 0.3 is 5.97 Å². The van der Waals surface area contributed by atoms with E-state index >= 15 is 0 Å². The lowest BCUT2D eigenvalue weighted by atomic mass is 10.0. The number of hydrogen-bond donors (Lipinski definition) is 0. The van der Waals surface area contributed by atoms with Gasteiger partial charge in [0, 0.05) is 29.6 Å². The molecule has 0 atom stereocenters. The quantitative estimate of drug-likeness (QED) is 0.467. The molecule has 0 saturated carbocycles. The highest BCUT2D eigenvalue weighted by Crippen LogP contribution is 2.21. The number of ketones is 1. The Hall–Kier alpha value is -1.95. The second-order valence-electron chi connectivity index (χ2n) is 4.70. The van der Waals surface area contributed by atoms with Crippen LogP contribution in [0.1, 0.15) is 40.0 Å². The third-order valence-corrected chi connectivity index (χ3v) is 4.14. The van der Waals surface area contributed by atoms with E-state index in [0.29, 0.717) is 12.1 Å². The molecule has 0 fully saturated rings. The lowest BCUT2D eigenvalue weighted by Gasteiger charge is -2.03. The van der Waals surface area contributed by atoms with Gasteiger partial charge in [-0.3, -0.25) is 14.3 Å². The molecule has 0 amide bonds. The van der Waals surface area contributed by atoms with Crippen molar-refractivity contribution >= 4 is 23.1 Å². The number of rotatable bonds is 6. The number of aryl methyl sites for hydroxylation is 1. The molecule has 2 rings (SSSR count). The fourth-order valence-corrected chi connectivity index (χ4v) is 2.82. The molecule has 0 aliphatic rings. The third-order valence-electron chi connectivity index (χ3n) is 3.26.